The highest BCUT2D eigenvalue weighted by molar-refractivity contribution is 6.39. The summed E-state index contributed by atoms with van der Waals surface area (Å²) in [6, 6.07) is 17.1. The lowest BCUT2D eigenvalue weighted by atomic mass is 9.86. The fourth-order valence-electron chi connectivity index (χ4n) is 4.81. The maximum absolute atomic E-state index is 12.6. The molecule has 1 aliphatic heterocycles. The third kappa shape index (κ3) is 7.25. The molecule has 1 fully saturated rings. The zero-order valence-electron chi connectivity index (χ0n) is 21.5. The minimum Gasteiger partial charge on any atom is -0.469 e. The number of aromatic nitrogens is 2. The molecule has 0 saturated carbocycles. The van der Waals surface area contributed by atoms with Gasteiger partial charge in [-0.2, -0.15) is 10.5 Å². The van der Waals surface area contributed by atoms with Gasteiger partial charge in [-0.3, -0.25) is 9.78 Å². The quantitative estimate of drug-likeness (QED) is 0.362. The molecule has 8 nitrogen and oxygen atoms in total. The van der Waals surface area contributed by atoms with E-state index in [9.17, 15) is 15.3 Å². The van der Waals surface area contributed by atoms with E-state index in [0.717, 1.165) is 37.9 Å². The number of nitrogens with zero attached hydrogens (tertiary/aromatic N) is 5. The summed E-state index contributed by atoms with van der Waals surface area (Å²) in [5.41, 5.74) is 2.10. The number of amides is 1. The second-order valence-corrected chi connectivity index (χ2v) is 10.3. The molecular formula is C29H28Cl2N6O2. The Morgan fingerprint density at radius 1 is 1.10 bits per heavy atom. The first-order valence-electron chi connectivity index (χ1n) is 12.7. The number of nitrogens with one attached hydrogen (secondary N) is 1. The van der Waals surface area contributed by atoms with Crippen LogP contribution in [-0.4, -0.2) is 46.5 Å². The monoisotopic (exact) mass is 562 g/mol. The number of likely N-dealkylation sites (tertiary alicyclic amines) is 1. The number of ether oxygens (including phenoxy) is 1. The van der Waals surface area contributed by atoms with Gasteiger partial charge in [0.05, 0.1) is 27.2 Å². The largest absolute Gasteiger partial charge is 0.469 e. The van der Waals surface area contributed by atoms with Gasteiger partial charge >= 0.3 is 0 Å². The Bertz CT molecular complexity index is 1360. The van der Waals surface area contributed by atoms with Crippen LogP contribution in [0.5, 0.6) is 5.88 Å². The minimum atomic E-state index is -0.310. The molecule has 0 radical (unpaired) electrons. The molecule has 2 aromatic heterocycles. The van der Waals surface area contributed by atoms with E-state index in [2.05, 4.69) is 39.2 Å². The fraction of sp³-hybridized carbons (Fsp3) is 0.345. The van der Waals surface area contributed by atoms with Crippen molar-refractivity contribution < 1.29 is 9.53 Å². The maximum Gasteiger partial charge on any atom is 0.254 e. The first-order chi connectivity index (χ1) is 18.9. The van der Waals surface area contributed by atoms with E-state index in [-0.39, 0.29) is 39.6 Å². The van der Waals surface area contributed by atoms with E-state index in [1.807, 2.05) is 12.1 Å². The van der Waals surface area contributed by atoms with Crippen molar-refractivity contribution in [1.82, 2.24) is 20.2 Å². The van der Waals surface area contributed by atoms with Gasteiger partial charge in [0.25, 0.3) is 5.91 Å². The van der Waals surface area contributed by atoms with Crippen LogP contribution in [-0.2, 0) is 0 Å². The Morgan fingerprint density at radius 2 is 1.79 bits per heavy atom. The molecule has 39 heavy (non-hydrogen) atoms. The number of halogens is 2. The second-order valence-electron chi connectivity index (χ2n) is 9.49. The van der Waals surface area contributed by atoms with Gasteiger partial charge in [0.15, 0.2) is 0 Å². The highest BCUT2D eigenvalue weighted by atomic mass is 35.5. The van der Waals surface area contributed by atoms with Crippen LogP contribution in [0, 0.1) is 28.6 Å². The predicted octanol–water partition coefficient (Wildman–Crippen LogP) is 5.57. The Kier molecular flexibility index (Phi) is 9.73. The van der Waals surface area contributed by atoms with Gasteiger partial charge < -0.3 is 15.0 Å². The van der Waals surface area contributed by atoms with Gasteiger partial charge in [0.1, 0.15) is 17.9 Å². The lowest BCUT2D eigenvalue weighted by Crippen LogP contribution is -2.43. The van der Waals surface area contributed by atoms with Gasteiger partial charge in [-0.05, 0) is 63.0 Å². The molecule has 1 amide bonds. The summed E-state index contributed by atoms with van der Waals surface area (Å²) in [5, 5.41) is 21.8. The van der Waals surface area contributed by atoms with E-state index in [1.165, 1.54) is 12.4 Å². The normalized spacial score (nSPS) is 15.5. The van der Waals surface area contributed by atoms with Crippen LogP contribution in [0.25, 0.3) is 0 Å². The van der Waals surface area contributed by atoms with Crippen molar-refractivity contribution in [1.29, 1.82) is 10.5 Å². The number of hydrogen-bond donors (Lipinski definition) is 1. The standard InChI is InChI=1S/C29H28Cl2N6O2/c1-19(9-12-35-29(38)27-24(30)17-34-18-25(27)31)37-13-10-22(11-14-37)28(21-7-5-20(15-32)6-8-21)39-26-4-2-3-23(16-33)36-26/h2-8,17-19,22,28H,9-14H2,1H3,(H,35,38). The van der Waals surface area contributed by atoms with Crippen LogP contribution in [0.2, 0.25) is 10.0 Å². The maximum atomic E-state index is 12.6. The lowest BCUT2D eigenvalue weighted by molar-refractivity contribution is 0.0580. The number of carbonyl (C=O) groups excluding carboxylic acids is 1. The third-order valence-corrected chi connectivity index (χ3v) is 7.58. The van der Waals surface area contributed by atoms with Crippen LogP contribution in [0.3, 0.4) is 0 Å². The van der Waals surface area contributed by atoms with Gasteiger partial charge in [-0.1, -0.05) is 41.4 Å². The van der Waals surface area contributed by atoms with E-state index >= 15 is 0 Å². The lowest BCUT2D eigenvalue weighted by Gasteiger charge is -2.39. The van der Waals surface area contributed by atoms with Crippen molar-refractivity contribution in [2.75, 3.05) is 19.6 Å². The molecule has 1 saturated heterocycles. The summed E-state index contributed by atoms with van der Waals surface area (Å²) in [6.45, 7) is 4.41. The number of pyridine rings is 2. The molecule has 3 aromatic rings. The Morgan fingerprint density at radius 3 is 2.44 bits per heavy atom. The Balaban J connectivity index is 1.36. The van der Waals surface area contributed by atoms with E-state index in [1.54, 1.807) is 30.3 Å². The molecule has 3 heterocycles. The highest BCUT2D eigenvalue weighted by Crippen LogP contribution is 2.35. The molecule has 0 bridgehead atoms. The summed E-state index contributed by atoms with van der Waals surface area (Å²) in [4.78, 5) is 23.2. The van der Waals surface area contributed by atoms with Gasteiger partial charge in [0, 0.05) is 37.0 Å². The average molecular weight is 563 g/mol. The van der Waals surface area contributed by atoms with Crippen molar-refractivity contribution >= 4 is 29.1 Å². The van der Waals surface area contributed by atoms with Crippen molar-refractivity contribution in [2.45, 2.75) is 38.3 Å². The van der Waals surface area contributed by atoms with Crippen molar-refractivity contribution in [3.8, 4) is 18.0 Å². The zero-order chi connectivity index (χ0) is 27.8. The van der Waals surface area contributed by atoms with Gasteiger partial charge in [0.2, 0.25) is 5.88 Å². The van der Waals surface area contributed by atoms with Gasteiger partial charge in [-0.15, -0.1) is 0 Å². The molecule has 2 unspecified atom stereocenters. The molecule has 4 rings (SSSR count). The van der Waals surface area contributed by atoms with Crippen molar-refractivity contribution in [3.05, 3.63) is 87.3 Å². The van der Waals surface area contributed by atoms with Crippen LogP contribution < -0.4 is 10.1 Å². The Labute approximate surface area is 238 Å². The summed E-state index contributed by atoms with van der Waals surface area (Å²) in [6.07, 6.45) is 5.13. The van der Waals surface area contributed by atoms with E-state index in [4.69, 9.17) is 27.9 Å². The molecule has 1 N–H and O–H groups in total. The number of nitriles is 2. The number of rotatable bonds is 9. The molecule has 0 spiro atoms. The first-order valence-corrected chi connectivity index (χ1v) is 13.5. The van der Waals surface area contributed by atoms with Crippen molar-refractivity contribution in [3.63, 3.8) is 0 Å². The minimum absolute atomic E-state index is 0.226. The Hall–Kier alpha value is -3.69. The molecule has 1 aliphatic rings. The van der Waals surface area contributed by atoms with Crippen LogP contribution in [0.15, 0.2) is 54.9 Å². The molecule has 0 aliphatic carbocycles. The zero-order valence-corrected chi connectivity index (χ0v) is 23.0. The summed E-state index contributed by atoms with van der Waals surface area (Å²) in [5.74, 6) is 0.323. The second kappa shape index (κ2) is 13.4. The SMILES string of the molecule is CC(CCNC(=O)c1c(Cl)cncc1Cl)N1CCC(C(Oc2cccc(C#N)n2)c2ccc(C#N)cc2)CC1. The topological polar surface area (TPSA) is 115 Å². The van der Waals surface area contributed by atoms with E-state index in [0.29, 0.717) is 23.7 Å². The molecule has 10 heteroatoms. The van der Waals surface area contributed by atoms with Crippen LogP contribution >= 0.6 is 23.2 Å². The molecule has 2 atom stereocenters. The van der Waals surface area contributed by atoms with Gasteiger partial charge in [-0.25, -0.2) is 4.98 Å². The summed E-state index contributed by atoms with van der Waals surface area (Å²) < 4.78 is 6.37. The predicted molar refractivity (Wildman–Crippen MR) is 148 cm³/mol. The first kappa shape index (κ1) is 28.3. The van der Waals surface area contributed by atoms with E-state index < -0.39 is 0 Å². The van der Waals surface area contributed by atoms with Crippen LogP contribution in [0.4, 0.5) is 0 Å². The summed E-state index contributed by atoms with van der Waals surface area (Å²) >= 11 is 12.2. The molecule has 200 valence electrons. The molecule has 1 aromatic carbocycles. The summed E-state index contributed by atoms with van der Waals surface area (Å²) in [7, 11) is 0. The van der Waals surface area contributed by atoms with Crippen molar-refractivity contribution in [2.24, 2.45) is 5.92 Å². The molecular weight excluding hydrogens is 535 g/mol. The van der Waals surface area contributed by atoms with Crippen LogP contribution in [0.1, 0.15) is 59.5 Å². The number of hydrogen-bond acceptors (Lipinski definition) is 7. The smallest absolute Gasteiger partial charge is 0.254 e. The number of carbonyl (C=O) groups is 1. The average Bonchev–Trinajstić information content (AvgIpc) is 2.96. The highest BCUT2D eigenvalue weighted by Gasteiger charge is 2.31. The number of piperidine rings is 1. The number of benzene rings is 1. The third-order valence-electron chi connectivity index (χ3n) is 7.01. The fourth-order valence-corrected chi connectivity index (χ4v) is 5.35.